The monoisotopic (exact) mass is 401 g/mol. The molecule has 0 bridgehead atoms. The average Bonchev–Trinajstić information content (AvgIpc) is 3.34. The quantitative estimate of drug-likeness (QED) is 0.672. The van der Waals surface area contributed by atoms with Crippen molar-refractivity contribution in [2.75, 3.05) is 19.7 Å². The SMILES string of the molecule is O=C(COC(=O)[C@H]1CC(=O)N(CCc2ccccc2)C1)NC(=O)NC1CCCC1. The molecule has 2 fully saturated rings. The molecule has 156 valence electrons. The minimum Gasteiger partial charge on any atom is -0.455 e. The number of nitrogens with zero attached hydrogens (tertiary/aromatic N) is 1. The number of hydrogen-bond acceptors (Lipinski definition) is 5. The number of benzene rings is 1. The number of hydrogen-bond donors (Lipinski definition) is 2. The molecule has 1 heterocycles. The molecule has 2 aliphatic rings. The van der Waals surface area contributed by atoms with Crippen LogP contribution in [0, 0.1) is 5.92 Å². The van der Waals surface area contributed by atoms with Crippen molar-refractivity contribution in [1.29, 1.82) is 0 Å². The smallest absolute Gasteiger partial charge is 0.321 e. The number of amides is 4. The van der Waals surface area contributed by atoms with Crippen LogP contribution in [0.4, 0.5) is 4.79 Å². The predicted octanol–water partition coefficient (Wildman–Crippen LogP) is 1.39. The van der Waals surface area contributed by atoms with Gasteiger partial charge in [0.25, 0.3) is 5.91 Å². The number of urea groups is 1. The summed E-state index contributed by atoms with van der Waals surface area (Å²) in [6, 6.07) is 9.34. The lowest BCUT2D eigenvalue weighted by Crippen LogP contribution is -2.45. The standard InChI is InChI=1S/C21H27N3O5/c25-18(23-21(28)22-17-8-4-5-9-17)14-29-20(27)16-12-19(26)24(13-16)11-10-15-6-2-1-3-7-15/h1-3,6-7,16-17H,4-5,8-14H2,(H2,22,23,25,28)/t16-/m0/s1. The predicted molar refractivity (Wildman–Crippen MR) is 105 cm³/mol. The van der Waals surface area contributed by atoms with Gasteiger partial charge in [0.1, 0.15) is 0 Å². The Morgan fingerprint density at radius 2 is 1.83 bits per heavy atom. The summed E-state index contributed by atoms with van der Waals surface area (Å²) in [6.45, 7) is 0.286. The molecule has 0 unspecified atom stereocenters. The molecule has 8 nitrogen and oxygen atoms in total. The Morgan fingerprint density at radius 3 is 2.55 bits per heavy atom. The van der Waals surface area contributed by atoms with Gasteiger partial charge in [-0.3, -0.25) is 19.7 Å². The molecular formula is C21H27N3O5. The Morgan fingerprint density at radius 1 is 1.10 bits per heavy atom. The minimum atomic E-state index is -0.681. The first-order valence-electron chi connectivity index (χ1n) is 10.1. The molecule has 4 amide bonds. The number of imide groups is 1. The molecule has 1 aromatic carbocycles. The van der Waals surface area contributed by atoms with Gasteiger partial charge in [0, 0.05) is 25.6 Å². The first kappa shape index (κ1) is 20.8. The second-order valence-electron chi connectivity index (χ2n) is 7.59. The molecular weight excluding hydrogens is 374 g/mol. The highest BCUT2D eigenvalue weighted by Gasteiger charge is 2.35. The maximum atomic E-state index is 12.2. The van der Waals surface area contributed by atoms with Crippen LogP contribution in [0.2, 0.25) is 0 Å². The molecule has 0 spiro atoms. The zero-order chi connectivity index (χ0) is 20.6. The van der Waals surface area contributed by atoms with Crippen LogP contribution in [0.25, 0.3) is 0 Å². The average molecular weight is 401 g/mol. The fraction of sp³-hybridized carbons (Fsp3) is 0.524. The van der Waals surface area contributed by atoms with E-state index in [1.165, 1.54) is 0 Å². The molecule has 1 saturated carbocycles. The lowest BCUT2D eigenvalue weighted by Gasteiger charge is -2.16. The molecule has 1 saturated heterocycles. The summed E-state index contributed by atoms with van der Waals surface area (Å²) in [5, 5.41) is 4.89. The van der Waals surface area contributed by atoms with Gasteiger partial charge in [0.15, 0.2) is 6.61 Å². The molecule has 0 aromatic heterocycles. The summed E-state index contributed by atoms with van der Waals surface area (Å²) in [7, 11) is 0. The van der Waals surface area contributed by atoms with E-state index in [9.17, 15) is 19.2 Å². The lowest BCUT2D eigenvalue weighted by atomic mass is 10.1. The molecule has 2 N–H and O–H groups in total. The minimum absolute atomic E-state index is 0.0808. The summed E-state index contributed by atoms with van der Waals surface area (Å²) >= 11 is 0. The van der Waals surface area contributed by atoms with Crippen LogP contribution < -0.4 is 10.6 Å². The number of nitrogens with one attached hydrogen (secondary N) is 2. The van der Waals surface area contributed by atoms with Gasteiger partial charge in [0.2, 0.25) is 5.91 Å². The normalized spacial score (nSPS) is 19.2. The highest BCUT2D eigenvalue weighted by atomic mass is 16.5. The molecule has 1 atom stereocenters. The third kappa shape index (κ3) is 6.30. The van der Waals surface area contributed by atoms with E-state index in [1.807, 2.05) is 30.3 Å². The molecule has 3 rings (SSSR count). The molecule has 8 heteroatoms. The number of carbonyl (C=O) groups excluding carboxylic acids is 4. The summed E-state index contributed by atoms with van der Waals surface area (Å²) < 4.78 is 5.01. The largest absolute Gasteiger partial charge is 0.455 e. The van der Waals surface area contributed by atoms with Crippen molar-refractivity contribution in [2.24, 2.45) is 5.92 Å². The molecule has 1 aliphatic heterocycles. The van der Waals surface area contributed by atoms with Gasteiger partial charge in [-0.05, 0) is 24.8 Å². The van der Waals surface area contributed by atoms with Crippen LogP contribution in [0.5, 0.6) is 0 Å². The van der Waals surface area contributed by atoms with Gasteiger partial charge < -0.3 is 15.0 Å². The zero-order valence-electron chi connectivity index (χ0n) is 16.4. The van der Waals surface area contributed by atoms with Crippen molar-refractivity contribution in [1.82, 2.24) is 15.5 Å². The van der Waals surface area contributed by atoms with Gasteiger partial charge >= 0.3 is 12.0 Å². The number of likely N-dealkylation sites (tertiary alicyclic amines) is 1. The number of esters is 1. The Hall–Kier alpha value is -2.90. The zero-order valence-corrected chi connectivity index (χ0v) is 16.4. The Kier molecular flexibility index (Phi) is 7.21. The molecule has 29 heavy (non-hydrogen) atoms. The van der Waals surface area contributed by atoms with Crippen molar-refractivity contribution >= 4 is 23.8 Å². The van der Waals surface area contributed by atoms with E-state index < -0.39 is 30.4 Å². The number of carbonyl (C=O) groups is 4. The van der Waals surface area contributed by atoms with Gasteiger partial charge in [-0.1, -0.05) is 43.2 Å². The maximum Gasteiger partial charge on any atom is 0.321 e. The second-order valence-corrected chi connectivity index (χ2v) is 7.59. The highest BCUT2D eigenvalue weighted by Crippen LogP contribution is 2.20. The van der Waals surface area contributed by atoms with Crippen molar-refractivity contribution in [3.05, 3.63) is 35.9 Å². The first-order chi connectivity index (χ1) is 14.0. The van der Waals surface area contributed by atoms with Crippen LogP contribution in [0.15, 0.2) is 30.3 Å². The van der Waals surface area contributed by atoms with E-state index in [-0.39, 0.29) is 24.9 Å². The summed E-state index contributed by atoms with van der Waals surface area (Å²) in [4.78, 5) is 49.5. The highest BCUT2D eigenvalue weighted by molar-refractivity contribution is 5.96. The second kappa shape index (κ2) is 10.0. The molecule has 1 aromatic rings. The van der Waals surface area contributed by atoms with Gasteiger partial charge in [-0.2, -0.15) is 0 Å². The van der Waals surface area contributed by atoms with E-state index in [0.717, 1.165) is 31.2 Å². The van der Waals surface area contributed by atoms with Crippen LogP contribution in [0.3, 0.4) is 0 Å². The lowest BCUT2D eigenvalue weighted by molar-refractivity contribution is -0.152. The molecule has 1 aliphatic carbocycles. The van der Waals surface area contributed by atoms with Crippen molar-refractivity contribution in [3.8, 4) is 0 Å². The van der Waals surface area contributed by atoms with Gasteiger partial charge in [-0.15, -0.1) is 0 Å². The number of ether oxygens (including phenoxy) is 1. The van der Waals surface area contributed by atoms with E-state index in [4.69, 9.17) is 4.74 Å². The number of rotatable bonds is 7. The maximum absolute atomic E-state index is 12.2. The summed E-state index contributed by atoms with van der Waals surface area (Å²) in [6.07, 6.45) is 4.75. The fourth-order valence-electron chi connectivity index (χ4n) is 3.76. The van der Waals surface area contributed by atoms with Crippen molar-refractivity contribution in [2.45, 2.75) is 44.6 Å². The third-order valence-corrected chi connectivity index (χ3v) is 5.35. The van der Waals surface area contributed by atoms with Crippen LogP contribution in [-0.4, -0.2) is 54.5 Å². The summed E-state index contributed by atoms with van der Waals surface area (Å²) in [5.74, 6) is -1.95. The summed E-state index contributed by atoms with van der Waals surface area (Å²) in [5.41, 5.74) is 1.12. The fourth-order valence-corrected chi connectivity index (χ4v) is 3.76. The van der Waals surface area contributed by atoms with E-state index in [1.54, 1.807) is 4.90 Å². The Labute approximate surface area is 170 Å². The van der Waals surface area contributed by atoms with Crippen molar-refractivity contribution in [3.63, 3.8) is 0 Å². The van der Waals surface area contributed by atoms with Crippen LogP contribution in [0.1, 0.15) is 37.7 Å². The van der Waals surface area contributed by atoms with Gasteiger partial charge in [-0.25, -0.2) is 4.79 Å². The van der Waals surface area contributed by atoms with E-state index in [0.29, 0.717) is 13.0 Å². The van der Waals surface area contributed by atoms with Crippen molar-refractivity contribution < 1.29 is 23.9 Å². The van der Waals surface area contributed by atoms with Crippen LogP contribution in [-0.2, 0) is 25.5 Å². The van der Waals surface area contributed by atoms with Crippen LogP contribution >= 0.6 is 0 Å². The van der Waals surface area contributed by atoms with E-state index in [2.05, 4.69) is 10.6 Å². The van der Waals surface area contributed by atoms with E-state index >= 15 is 0 Å². The van der Waals surface area contributed by atoms with Gasteiger partial charge in [0.05, 0.1) is 5.92 Å². The Balaban J connectivity index is 1.36. The third-order valence-electron chi connectivity index (χ3n) is 5.35. The Bertz CT molecular complexity index is 746. The first-order valence-corrected chi connectivity index (χ1v) is 10.1. The topological polar surface area (TPSA) is 105 Å². The molecule has 0 radical (unpaired) electrons.